The maximum atomic E-state index is 13.6. The average Bonchev–Trinajstić information content (AvgIpc) is 2.82. The summed E-state index contributed by atoms with van der Waals surface area (Å²) in [6.45, 7) is 2.55. The Morgan fingerprint density at radius 1 is 1.00 bits per heavy atom. The first-order valence-corrected chi connectivity index (χ1v) is 11.1. The third kappa shape index (κ3) is 4.42. The van der Waals surface area contributed by atoms with Gasteiger partial charge in [-0.05, 0) is 61.2 Å². The lowest BCUT2D eigenvalue weighted by molar-refractivity contribution is 0.0981. The fourth-order valence-corrected chi connectivity index (χ4v) is 4.35. The van der Waals surface area contributed by atoms with Gasteiger partial charge in [-0.15, -0.1) is 0 Å². The van der Waals surface area contributed by atoms with Crippen molar-refractivity contribution in [1.29, 1.82) is 0 Å². The molecule has 4 rings (SSSR count). The van der Waals surface area contributed by atoms with Crippen molar-refractivity contribution in [3.63, 3.8) is 0 Å². The van der Waals surface area contributed by atoms with Gasteiger partial charge in [0.25, 0.3) is 11.8 Å². The van der Waals surface area contributed by atoms with Crippen LogP contribution in [0.4, 0.5) is 17.1 Å². The van der Waals surface area contributed by atoms with Gasteiger partial charge in [-0.1, -0.05) is 24.3 Å². The van der Waals surface area contributed by atoms with Crippen LogP contribution >= 0.6 is 0 Å². The fourth-order valence-electron chi connectivity index (χ4n) is 4.35. The molecule has 3 aromatic carbocycles. The molecule has 0 aromatic heterocycles. The predicted octanol–water partition coefficient (Wildman–Crippen LogP) is 4.91. The monoisotopic (exact) mass is 443 g/mol. The summed E-state index contributed by atoms with van der Waals surface area (Å²) in [4.78, 5) is 30.2. The number of ether oxygens (including phenoxy) is 1. The van der Waals surface area contributed by atoms with E-state index in [-0.39, 0.29) is 11.8 Å². The predicted molar refractivity (Wildman–Crippen MR) is 133 cm³/mol. The molecule has 0 atom stereocenters. The van der Waals surface area contributed by atoms with Crippen molar-refractivity contribution in [1.82, 2.24) is 0 Å². The maximum Gasteiger partial charge on any atom is 0.262 e. The van der Waals surface area contributed by atoms with Crippen molar-refractivity contribution in [3.05, 3.63) is 82.9 Å². The Hall–Kier alpha value is -3.80. The van der Waals surface area contributed by atoms with Gasteiger partial charge >= 0.3 is 0 Å². The number of hydrogen-bond donors (Lipinski definition) is 1. The molecule has 0 aliphatic carbocycles. The van der Waals surface area contributed by atoms with E-state index in [2.05, 4.69) is 16.3 Å². The Morgan fingerprint density at radius 2 is 1.79 bits per heavy atom. The lowest BCUT2D eigenvalue weighted by Crippen LogP contribution is -2.36. The standard InChI is InChI=1S/C27H29N3O3/c1-18-9-5-6-10-20(18)26(31)28-19-14-15-22(25(17-19)33-4)27(32)30-16-8-11-21-23(29(2)3)12-7-13-24(21)30/h5-7,9-10,12-15,17H,8,11,16H2,1-4H3,(H,28,31). The number of rotatable bonds is 5. The molecule has 0 unspecified atom stereocenters. The molecule has 33 heavy (non-hydrogen) atoms. The molecule has 0 saturated carbocycles. The summed E-state index contributed by atoms with van der Waals surface area (Å²) >= 11 is 0. The Bertz CT molecular complexity index is 1200. The van der Waals surface area contributed by atoms with Gasteiger partial charge < -0.3 is 19.9 Å². The van der Waals surface area contributed by atoms with E-state index in [1.54, 1.807) is 24.3 Å². The topological polar surface area (TPSA) is 61.9 Å². The second kappa shape index (κ2) is 9.36. The summed E-state index contributed by atoms with van der Waals surface area (Å²) < 4.78 is 5.55. The minimum absolute atomic E-state index is 0.111. The summed E-state index contributed by atoms with van der Waals surface area (Å²) in [5.41, 5.74) is 5.80. The van der Waals surface area contributed by atoms with Crippen molar-refractivity contribution in [2.24, 2.45) is 0 Å². The molecule has 1 heterocycles. The first-order chi connectivity index (χ1) is 15.9. The lowest BCUT2D eigenvalue weighted by atomic mass is 9.98. The zero-order valence-corrected chi connectivity index (χ0v) is 19.5. The molecule has 1 aliphatic heterocycles. The highest BCUT2D eigenvalue weighted by Gasteiger charge is 2.27. The molecule has 0 fully saturated rings. The van der Waals surface area contributed by atoms with Crippen LogP contribution in [0.5, 0.6) is 5.75 Å². The average molecular weight is 444 g/mol. The molecule has 0 radical (unpaired) electrons. The van der Waals surface area contributed by atoms with Crippen LogP contribution in [0, 0.1) is 6.92 Å². The summed E-state index contributed by atoms with van der Waals surface area (Å²) in [7, 11) is 5.57. The molecule has 0 saturated heterocycles. The first-order valence-electron chi connectivity index (χ1n) is 11.1. The molecule has 6 nitrogen and oxygen atoms in total. The van der Waals surface area contributed by atoms with Crippen LogP contribution in [-0.4, -0.2) is 39.6 Å². The van der Waals surface area contributed by atoms with Crippen molar-refractivity contribution in [3.8, 4) is 5.75 Å². The van der Waals surface area contributed by atoms with Gasteiger partial charge in [0.05, 0.1) is 12.7 Å². The number of anilines is 3. The number of methoxy groups -OCH3 is 1. The molecular weight excluding hydrogens is 414 g/mol. The number of benzene rings is 3. The third-order valence-electron chi connectivity index (χ3n) is 6.03. The molecule has 2 amide bonds. The number of carbonyl (C=O) groups is 2. The van der Waals surface area contributed by atoms with Gasteiger partial charge in [-0.3, -0.25) is 9.59 Å². The Balaban J connectivity index is 1.62. The highest BCUT2D eigenvalue weighted by atomic mass is 16.5. The number of nitrogens with zero attached hydrogens (tertiary/aromatic N) is 2. The highest BCUT2D eigenvalue weighted by molar-refractivity contribution is 6.10. The second-order valence-corrected chi connectivity index (χ2v) is 8.41. The molecule has 3 aromatic rings. The molecule has 0 bridgehead atoms. The van der Waals surface area contributed by atoms with Crippen LogP contribution < -0.4 is 19.9 Å². The number of amides is 2. The zero-order valence-electron chi connectivity index (χ0n) is 19.5. The summed E-state index contributed by atoms with van der Waals surface area (Å²) in [5.74, 6) is 0.120. The molecule has 6 heteroatoms. The Kier molecular flexibility index (Phi) is 6.36. The van der Waals surface area contributed by atoms with Crippen molar-refractivity contribution in [2.45, 2.75) is 19.8 Å². The van der Waals surface area contributed by atoms with Gasteiger partial charge in [0.1, 0.15) is 5.75 Å². The van der Waals surface area contributed by atoms with E-state index in [4.69, 9.17) is 4.74 Å². The number of aryl methyl sites for hydroxylation is 1. The zero-order chi connectivity index (χ0) is 23.5. The summed E-state index contributed by atoms with van der Waals surface area (Å²) in [6.07, 6.45) is 1.84. The molecule has 1 aliphatic rings. The highest BCUT2D eigenvalue weighted by Crippen LogP contribution is 2.36. The molecular formula is C27H29N3O3. The van der Waals surface area contributed by atoms with E-state index in [1.165, 1.54) is 12.7 Å². The summed E-state index contributed by atoms with van der Waals surface area (Å²) in [5, 5.41) is 2.91. The van der Waals surface area contributed by atoms with Crippen molar-refractivity contribution < 1.29 is 14.3 Å². The van der Waals surface area contributed by atoms with Crippen LogP contribution in [0.3, 0.4) is 0 Å². The minimum Gasteiger partial charge on any atom is -0.496 e. The van der Waals surface area contributed by atoms with Crippen LogP contribution in [0.15, 0.2) is 60.7 Å². The van der Waals surface area contributed by atoms with Crippen LogP contribution in [0.2, 0.25) is 0 Å². The smallest absolute Gasteiger partial charge is 0.262 e. The largest absolute Gasteiger partial charge is 0.496 e. The maximum absolute atomic E-state index is 13.6. The van der Waals surface area contributed by atoms with E-state index >= 15 is 0 Å². The van der Waals surface area contributed by atoms with E-state index in [0.29, 0.717) is 29.1 Å². The minimum atomic E-state index is -0.199. The molecule has 170 valence electrons. The summed E-state index contributed by atoms with van der Waals surface area (Å²) in [6, 6.07) is 18.7. The van der Waals surface area contributed by atoms with Crippen LogP contribution in [0.25, 0.3) is 0 Å². The Morgan fingerprint density at radius 3 is 2.52 bits per heavy atom. The second-order valence-electron chi connectivity index (χ2n) is 8.41. The van der Waals surface area contributed by atoms with Crippen LogP contribution in [0.1, 0.15) is 38.3 Å². The van der Waals surface area contributed by atoms with E-state index in [1.807, 2.05) is 56.3 Å². The van der Waals surface area contributed by atoms with Gasteiger partial charge in [0, 0.05) is 49.3 Å². The van der Waals surface area contributed by atoms with Gasteiger partial charge in [0.15, 0.2) is 0 Å². The third-order valence-corrected chi connectivity index (χ3v) is 6.03. The fraction of sp³-hybridized carbons (Fsp3) is 0.259. The normalized spacial score (nSPS) is 12.7. The van der Waals surface area contributed by atoms with E-state index < -0.39 is 0 Å². The quantitative estimate of drug-likeness (QED) is 0.608. The van der Waals surface area contributed by atoms with E-state index in [9.17, 15) is 9.59 Å². The number of carbonyl (C=O) groups excluding carboxylic acids is 2. The van der Waals surface area contributed by atoms with Gasteiger partial charge in [-0.25, -0.2) is 0 Å². The Labute approximate surface area is 194 Å². The van der Waals surface area contributed by atoms with Crippen molar-refractivity contribution >= 4 is 28.9 Å². The number of fused-ring (bicyclic) bond motifs is 1. The molecule has 0 spiro atoms. The van der Waals surface area contributed by atoms with Crippen molar-refractivity contribution in [2.75, 3.05) is 42.9 Å². The number of hydrogen-bond acceptors (Lipinski definition) is 4. The van der Waals surface area contributed by atoms with E-state index in [0.717, 1.165) is 29.8 Å². The SMILES string of the molecule is COc1cc(NC(=O)c2ccccc2C)ccc1C(=O)N1CCCc2c(N(C)C)cccc21. The van der Waals surface area contributed by atoms with Crippen LogP contribution in [-0.2, 0) is 6.42 Å². The van der Waals surface area contributed by atoms with Gasteiger partial charge in [-0.2, -0.15) is 0 Å². The first kappa shape index (κ1) is 22.4. The molecule has 1 N–H and O–H groups in total. The van der Waals surface area contributed by atoms with Gasteiger partial charge in [0.2, 0.25) is 0 Å². The lowest BCUT2D eigenvalue weighted by Gasteiger charge is -2.32. The number of nitrogens with one attached hydrogen (secondary N) is 1.